The average Bonchev–Trinajstić information content (AvgIpc) is 2.46. The molecule has 2 aromatic carbocycles. The number of methoxy groups -OCH3 is 1. The van der Waals surface area contributed by atoms with Crippen LogP contribution in [0.3, 0.4) is 0 Å². The van der Waals surface area contributed by atoms with Crippen molar-refractivity contribution in [2.45, 2.75) is 19.5 Å². The second-order valence-electron chi connectivity index (χ2n) is 4.61. The molecule has 0 radical (unpaired) electrons. The van der Waals surface area contributed by atoms with E-state index in [1.165, 1.54) is 12.1 Å². The zero-order valence-corrected chi connectivity index (χ0v) is 11.5. The maximum absolute atomic E-state index is 13.5. The van der Waals surface area contributed by atoms with Gasteiger partial charge in [0.15, 0.2) is 0 Å². The molecule has 0 bridgehead atoms. The van der Waals surface area contributed by atoms with Gasteiger partial charge in [0.25, 0.3) is 0 Å². The van der Waals surface area contributed by atoms with Gasteiger partial charge in [-0.25, -0.2) is 8.78 Å². The van der Waals surface area contributed by atoms with Crippen LogP contribution in [0, 0.1) is 11.6 Å². The Labute approximate surface area is 117 Å². The number of hydrogen-bond donors (Lipinski definition) is 1. The summed E-state index contributed by atoms with van der Waals surface area (Å²) in [6.45, 7) is 2.32. The summed E-state index contributed by atoms with van der Waals surface area (Å²) in [6, 6.07) is 11.3. The molecule has 2 nitrogen and oxygen atoms in total. The fourth-order valence-corrected chi connectivity index (χ4v) is 1.96. The highest BCUT2D eigenvalue weighted by atomic mass is 19.1. The predicted octanol–water partition coefficient (Wildman–Crippen LogP) is 3.82. The van der Waals surface area contributed by atoms with Crippen molar-refractivity contribution in [2.24, 2.45) is 0 Å². The molecule has 4 heteroatoms. The highest BCUT2D eigenvalue weighted by Crippen LogP contribution is 2.19. The first-order chi connectivity index (χ1) is 9.60. The summed E-state index contributed by atoms with van der Waals surface area (Å²) in [7, 11) is 1.62. The third-order valence-electron chi connectivity index (χ3n) is 3.21. The SMILES string of the molecule is COc1cccc(C(C)NCc2ccc(F)cc2F)c1. The van der Waals surface area contributed by atoms with Gasteiger partial charge in [-0.15, -0.1) is 0 Å². The number of nitrogens with one attached hydrogen (secondary N) is 1. The van der Waals surface area contributed by atoms with Crippen LogP contribution in [0.4, 0.5) is 8.78 Å². The summed E-state index contributed by atoms with van der Waals surface area (Å²) in [5.41, 5.74) is 1.49. The zero-order valence-electron chi connectivity index (χ0n) is 11.5. The van der Waals surface area contributed by atoms with Gasteiger partial charge >= 0.3 is 0 Å². The molecular formula is C16H17F2NO. The van der Waals surface area contributed by atoms with Gasteiger partial charge in [0, 0.05) is 24.2 Å². The number of halogens is 2. The minimum Gasteiger partial charge on any atom is -0.497 e. The monoisotopic (exact) mass is 277 g/mol. The molecule has 0 heterocycles. The van der Waals surface area contributed by atoms with Crippen LogP contribution in [0.25, 0.3) is 0 Å². The van der Waals surface area contributed by atoms with E-state index in [2.05, 4.69) is 5.32 Å². The molecule has 0 saturated carbocycles. The summed E-state index contributed by atoms with van der Waals surface area (Å²) in [5, 5.41) is 3.21. The van der Waals surface area contributed by atoms with Crippen LogP contribution in [0.1, 0.15) is 24.1 Å². The van der Waals surface area contributed by atoms with Crippen molar-refractivity contribution >= 4 is 0 Å². The minimum atomic E-state index is -0.563. The molecule has 20 heavy (non-hydrogen) atoms. The molecule has 0 amide bonds. The molecule has 0 saturated heterocycles. The van der Waals surface area contributed by atoms with E-state index in [4.69, 9.17) is 4.74 Å². The lowest BCUT2D eigenvalue weighted by Crippen LogP contribution is -2.18. The highest BCUT2D eigenvalue weighted by Gasteiger charge is 2.08. The van der Waals surface area contributed by atoms with E-state index in [1.807, 2.05) is 31.2 Å². The first kappa shape index (κ1) is 14.5. The number of ether oxygens (including phenoxy) is 1. The molecule has 2 aromatic rings. The molecule has 1 unspecified atom stereocenters. The van der Waals surface area contributed by atoms with Gasteiger partial charge in [-0.2, -0.15) is 0 Å². The normalized spacial score (nSPS) is 12.2. The third kappa shape index (κ3) is 3.54. The van der Waals surface area contributed by atoms with E-state index in [0.717, 1.165) is 17.4 Å². The van der Waals surface area contributed by atoms with Gasteiger partial charge in [0.1, 0.15) is 17.4 Å². The molecule has 0 aliphatic carbocycles. The van der Waals surface area contributed by atoms with E-state index in [1.54, 1.807) is 7.11 Å². The predicted molar refractivity (Wildman–Crippen MR) is 74.6 cm³/mol. The summed E-state index contributed by atoms with van der Waals surface area (Å²) in [5.74, 6) is -0.313. The Morgan fingerprint density at radius 2 is 1.95 bits per heavy atom. The molecule has 0 aliphatic rings. The fourth-order valence-electron chi connectivity index (χ4n) is 1.96. The number of benzene rings is 2. The Hall–Kier alpha value is -1.94. The third-order valence-corrected chi connectivity index (χ3v) is 3.21. The zero-order chi connectivity index (χ0) is 14.5. The molecule has 106 valence electrons. The van der Waals surface area contributed by atoms with E-state index in [-0.39, 0.29) is 6.04 Å². The minimum absolute atomic E-state index is 0.0366. The van der Waals surface area contributed by atoms with Gasteiger partial charge in [-0.05, 0) is 30.7 Å². The Morgan fingerprint density at radius 1 is 1.15 bits per heavy atom. The quantitative estimate of drug-likeness (QED) is 0.897. The van der Waals surface area contributed by atoms with Crippen molar-refractivity contribution in [1.82, 2.24) is 5.32 Å². The van der Waals surface area contributed by atoms with Crippen LogP contribution in [0.2, 0.25) is 0 Å². The average molecular weight is 277 g/mol. The maximum Gasteiger partial charge on any atom is 0.130 e. The van der Waals surface area contributed by atoms with Gasteiger partial charge in [0.2, 0.25) is 0 Å². The van der Waals surface area contributed by atoms with Crippen LogP contribution >= 0.6 is 0 Å². The summed E-state index contributed by atoms with van der Waals surface area (Å²) < 4.78 is 31.5. The Kier molecular flexibility index (Phi) is 4.69. The van der Waals surface area contributed by atoms with Crippen molar-refractivity contribution in [2.75, 3.05) is 7.11 Å². The summed E-state index contributed by atoms with van der Waals surface area (Å²) in [6.07, 6.45) is 0. The molecule has 2 rings (SSSR count). The topological polar surface area (TPSA) is 21.3 Å². The van der Waals surface area contributed by atoms with Crippen molar-refractivity contribution in [3.05, 3.63) is 65.2 Å². The van der Waals surface area contributed by atoms with Gasteiger partial charge < -0.3 is 10.1 Å². The first-order valence-corrected chi connectivity index (χ1v) is 6.41. The second-order valence-corrected chi connectivity index (χ2v) is 4.61. The van der Waals surface area contributed by atoms with Crippen LogP contribution in [-0.2, 0) is 6.54 Å². The molecule has 1 N–H and O–H groups in total. The van der Waals surface area contributed by atoms with Crippen molar-refractivity contribution in [1.29, 1.82) is 0 Å². The second kappa shape index (κ2) is 6.48. The Bertz CT molecular complexity index is 586. The molecule has 0 fully saturated rings. The van der Waals surface area contributed by atoms with Gasteiger partial charge in [0.05, 0.1) is 7.11 Å². The molecule has 0 spiro atoms. The summed E-state index contributed by atoms with van der Waals surface area (Å²) >= 11 is 0. The molecular weight excluding hydrogens is 260 g/mol. The van der Waals surface area contributed by atoms with E-state index >= 15 is 0 Å². The van der Waals surface area contributed by atoms with Crippen LogP contribution in [0.5, 0.6) is 5.75 Å². The van der Waals surface area contributed by atoms with Crippen LogP contribution in [-0.4, -0.2) is 7.11 Å². The van der Waals surface area contributed by atoms with Gasteiger partial charge in [-0.1, -0.05) is 18.2 Å². The van der Waals surface area contributed by atoms with E-state index in [9.17, 15) is 8.78 Å². The lowest BCUT2D eigenvalue weighted by molar-refractivity contribution is 0.413. The Balaban J connectivity index is 2.02. The van der Waals surface area contributed by atoms with Gasteiger partial charge in [-0.3, -0.25) is 0 Å². The van der Waals surface area contributed by atoms with Crippen molar-refractivity contribution in [3.8, 4) is 5.75 Å². The Morgan fingerprint density at radius 3 is 2.65 bits per heavy atom. The van der Waals surface area contributed by atoms with E-state index in [0.29, 0.717) is 12.1 Å². The summed E-state index contributed by atoms with van der Waals surface area (Å²) in [4.78, 5) is 0. The van der Waals surface area contributed by atoms with Crippen LogP contribution < -0.4 is 10.1 Å². The standard InChI is InChI=1S/C16H17F2NO/c1-11(12-4-3-5-15(8-12)20-2)19-10-13-6-7-14(17)9-16(13)18/h3-9,11,19H,10H2,1-2H3. The number of rotatable bonds is 5. The lowest BCUT2D eigenvalue weighted by Gasteiger charge is -2.15. The molecule has 0 aliphatic heterocycles. The first-order valence-electron chi connectivity index (χ1n) is 6.41. The fraction of sp³-hybridized carbons (Fsp3) is 0.250. The molecule has 0 aromatic heterocycles. The van der Waals surface area contributed by atoms with Crippen molar-refractivity contribution in [3.63, 3.8) is 0 Å². The van der Waals surface area contributed by atoms with Crippen LogP contribution in [0.15, 0.2) is 42.5 Å². The highest BCUT2D eigenvalue weighted by molar-refractivity contribution is 5.30. The largest absolute Gasteiger partial charge is 0.497 e. The smallest absolute Gasteiger partial charge is 0.130 e. The molecule has 1 atom stereocenters. The van der Waals surface area contributed by atoms with Crippen molar-refractivity contribution < 1.29 is 13.5 Å². The maximum atomic E-state index is 13.5. The van der Waals surface area contributed by atoms with E-state index < -0.39 is 11.6 Å². The lowest BCUT2D eigenvalue weighted by atomic mass is 10.1. The number of hydrogen-bond acceptors (Lipinski definition) is 2.